The number of alkyl halides is 1. The van der Waals surface area contributed by atoms with Crippen LogP contribution >= 0.6 is 23.2 Å². The highest BCUT2D eigenvalue weighted by molar-refractivity contribution is 6.39. The number of carbonyl (C=O) groups is 2. The number of benzene rings is 2. The first-order valence-corrected chi connectivity index (χ1v) is 12.1. The molecule has 1 unspecified atom stereocenters. The molecule has 37 heavy (non-hydrogen) atoms. The zero-order valence-electron chi connectivity index (χ0n) is 19.6. The number of carbonyl (C=O) groups excluding carboxylic acids is 2. The molecule has 0 fully saturated rings. The minimum Gasteiger partial charge on any atom is -0.330 e. The minimum atomic E-state index is -1.02. The van der Waals surface area contributed by atoms with E-state index in [1.165, 1.54) is 34.0 Å². The van der Waals surface area contributed by atoms with Crippen molar-refractivity contribution in [1.29, 1.82) is 0 Å². The van der Waals surface area contributed by atoms with E-state index in [0.717, 1.165) is 23.8 Å². The van der Waals surface area contributed by atoms with Gasteiger partial charge in [0.25, 0.3) is 11.8 Å². The summed E-state index contributed by atoms with van der Waals surface area (Å²) in [5.41, 5.74) is 2.70. The van der Waals surface area contributed by atoms with Crippen LogP contribution in [-0.2, 0) is 18.3 Å². The predicted octanol–water partition coefficient (Wildman–Crippen LogP) is 5.52. The minimum absolute atomic E-state index is 0.00254. The van der Waals surface area contributed by atoms with E-state index in [0.29, 0.717) is 28.9 Å². The Morgan fingerprint density at radius 2 is 1.76 bits per heavy atom. The average Bonchev–Trinajstić information content (AvgIpc) is 3.18. The van der Waals surface area contributed by atoms with E-state index in [2.05, 4.69) is 10.1 Å². The molecule has 2 aliphatic rings. The molecule has 0 radical (unpaired) electrons. The number of dihydropyridines is 1. The highest BCUT2D eigenvalue weighted by Gasteiger charge is 2.35. The number of allylic oxidation sites excluding steroid dienone is 1. The van der Waals surface area contributed by atoms with E-state index in [1.54, 1.807) is 14.0 Å². The molecule has 2 aromatic carbocycles. The van der Waals surface area contributed by atoms with Crippen LogP contribution in [-0.4, -0.2) is 44.6 Å². The summed E-state index contributed by atoms with van der Waals surface area (Å²) < 4.78 is 44.0. The van der Waals surface area contributed by atoms with Crippen molar-refractivity contribution < 1.29 is 22.8 Å². The van der Waals surface area contributed by atoms with Crippen LogP contribution < -0.4 is 0 Å². The van der Waals surface area contributed by atoms with Gasteiger partial charge >= 0.3 is 0 Å². The zero-order chi connectivity index (χ0) is 26.6. The van der Waals surface area contributed by atoms with Gasteiger partial charge in [0, 0.05) is 42.6 Å². The topological polar surface area (TPSA) is 67.6 Å². The first-order chi connectivity index (χ1) is 17.5. The summed E-state index contributed by atoms with van der Waals surface area (Å²) in [5, 5.41) is 3.51. The molecule has 0 spiro atoms. The summed E-state index contributed by atoms with van der Waals surface area (Å²) >= 11 is 12.5. The lowest BCUT2D eigenvalue weighted by molar-refractivity contribution is -0.116. The Morgan fingerprint density at radius 1 is 1.08 bits per heavy atom. The van der Waals surface area contributed by atoms with Gasteiger partial charge in [-0.1, -0.05) is 11.6 Å². The number of aliphatic imine (C=N–C) groups is 1. The Morgan fingerprint density at radius 3 is 2.43 bits per heavy atom. The van der Waals surface area contributed by atoms with Crippen molar-refractivity contribution in [3.63, 3.8) is 0 Å². The summed E-state index contributed by atoms with van der Waals surface area (Å²) in [5.74, 6) is -3.17. The third-order valence-electron chi connectivity index (χ3n) is 6.51. The molecule has 0 bridgehead atoms. The Bertz CT molecular complexity index is 1510. The third kappa shape index (κ3) is 4.46. The van der Waals surface area contributed by atoms with Gasteiger partial charge in [0.05, 0.1) is 28.0 Å². The molecule has 3 aromatic rings. The monoisotopic (exact) mass is 546 g/mol. The number of amides is 2. The van der Waals surface area contributed by atoms with Crippen molar-refractivity contribution in [3.8, 4) is 11.3 Å². The first kappa shape index (κ1) is 25.2. The van der Waals surface area contributed by atoms with Crippen molar-refractivity contribution in [1.82, 2.24) is 14.7 Å². The fraction of sp³-hybridized carbons (Fsp3) is 0.231. The third-order valence-corrected chi connectivity index (χ3v) is 7.23. The summed E-state index contributed by atoms with van der Waals surface area (Å²) in [6.07, 6.45) is 2.99. The van der Waals surface area contributed by atoms with Gasteiger partial charge < -0.3 is 4.90 Å². The van der Waals surface area contributed by atoms with E-state index in [-0.39, 0.29) is 22.7 Å². The van der Waals surface area contributed by atoms with E-state index < -0.39 is 40.7 Å². The van der Waals surface area contributed by atoms with Crippen molar-refractivity contribution in [2.75, 3.05) is 6.54 Å². The number of nitrogens with zero attached hydrogens (tertiary/aromatic N) is 4. The van der Waals surface area contributed by atoms with Gasteiger partial charge in [-0.05, 0) is 49.3 Å². The van der Waals surface area contributed by atoms with E-state index in [1.807, 2.05) is 0 Å². The maximum absolute atomic E-state index is 14.6. The summed E-state index contributed by atoms with van der Waals surface area (Å²) in [7, 11) is 1.67. The fourth-order valence-corrected chi connectivity index (χ4v) is 5.31. The smallest absolute Gasteiger partial charge is 0.267 e. The van der Waals surface area contributed by atoms with Crippen molar-refractivity contribution in [2.24, 2.45) is 12.0 Å². The Labute approximate surface area is 220 Å². The highest BCUT2D eigenvalue weighted by Crippen LogP contribution is 2.38. The second-order valence-corrected chi connectivity index (χ2v) is 9.70. The number of aryl methyl sites for hydroxylation is 1. The molecule has 11 heteroatoms. The van der Waals surface area contributed by atoms with Crippen LogP contribution in [0.25, 0.3) is 16.8 Å². The molecule has 0 N–H and O–H groups in total. The Hall–Kier alpha value is -3.43. The summed E-state index contributed by atoms with van der Waals surface area (Å²) in [4.78, 5) is 30.4. The van der Waals surface area contributed by atoms with Crippen LogP contribution in [0.2, 0.25) is 5.02 Å². The quantitative estimate of drug-likeness (QED) is 0.406. The fourth-order valence-electron chi connectivity index (χ4n) is 4.82. The van der Waals surface area contributed by atoms with Crippen LogP contribution in [0, 0.1) is 17.5 Å². The van der Waals surface area contributed by atoms with Crippen LogP contribution in [0.5, 0.6) is 0 Å². The Kier molecular flexibility index (Phi) is 6.45. The second kappa shape index (κ2) is 9.46. The van der Waals surface area contributed by atoms with Crippen LogP contribution in [0.4, 0.5) is 13.2 Å². The molecular weight excluding hydrogens is 528 g/mol. The summed E-state index contributed by atoms with van der Waals surface area (Å²) in [6, 6.07) is 4.94. The lowest BCUT2D eigenvalue weighted by Gasteiger charge is -2.33. The Balaban J connectivity index is 1.51. The standard InChI is InChI=1S/C26H19Cl2F3N4O2/c1-12-23-18(24(34(2)33-23)13-5-15(29)8-16(30)6-13)3-4-35(12)26(37)20-10-17(31)9-19(22(20)28)14-7-21(27)25(36)32-11-14/h5-12,21H,3-4H2,1-2H3/t12-,21?/m1/s1. The normalized spacial score (nSPS) is 19.2. The molecule has 1 aromatic heterocycles. The number of hydrogen-bond donors (Lipinski definition) is 0. The largest absolute Gasteiger partial charge is 0.330 e. The number of aromatic nitrogens is 2. The first-order valence-electron chi connectivity index (χ1n) is 11.3. The lowest BCUT2D eigenvalue weighted by atomic mass is 9.94. The van der Waals surface area contributed by atoms with E-state index >= 15 is 0 Å². The molecule has 5 rings (SSSR count). The maximum atomic E-state index is 14.6. The van der Waals surface area contributed by atoms with Gasteiger partial charge in [-0.2, -0.15) is 5.10 Å². The molecule has 190 valence electrons. The molecule has 2 amide bonds. The number of rotatable bonds is 3. The lowest BCUT2D eigenvalue weighted by Crippen LogP contribution is -2.39. The van der Waals surface area contributed by atoms with Crippen molar-refractivity contribution >= 4 is 46.8 Å². The van der Waals surface area contributed by atoms with Crippen LogP contribution in [0.15, 0.2) is 41.4 Å². The van der Waals surface area contributed by atoms with Crippen LogP contribution in [0.3, 0.4) is 0 Å². The molecule has 0 aliphatic carbocycles. The second-order valence-electron chi connectivity index (χ2n) is 8.85. The van der Waals surface area contributed by atoms with Gasteiger partial charge in [-0.15, -0.1) is 11.6 Å². The molecule has 0 saturated carbocycles. The van der Waals surface area contributed by atoms with E-state index in [4.69, 9.17) is 23.2 Å². The summed E-state index contributed by atoms with van der Waals surface area (Å²) in [6.45, 7) is 2.01. The van der Waals surface area contributed by atoms with Gasteiger partial charge in [-0.3, -0.25) is 14.3 Å². The van der Waals surface area contributed by atoms with Gasteiger partial charge in [0.15, 0.2) is 0 Å². The zero-order valence-corrected chi connectivity index (χ0v) is 21.1. The van der Waals surface area contributed by atoms with Crippen molar-refractivity contribution in [2.45, 2.75) is 24.8 Å². The van der Waals surface area contributed by atoms with Gasteiger partial charge in [-0.25, -0.2) is 18.2 Å². The molecular formula is C26H19Cl2F3N4O2. The average molecular weight is 547 g/mol. The number of fused-ring (bicyclic) bond motifs is 1. The molecule has 2 atom stereocenters. The van der Waals surface area contributed by atoms with Gasteiger partial charge in [0.2, 0.25) is 0 Å². The van der Waals surface area contributed by atoms with E-state index in [9.17, 15) is 22.8 Å². The number of halogens is 5. The number of hydrogen-bond acceptors (Lipinski definition) is 3. The molecule has 6 nitrogen and oxygen atoms in total. The SMILES string of the molecule is C[C@@H]1c2nn(C)c(-c3cc(F)cc(F)c3)c2CCN1C(=O)c1cc(F)cc(C2=CC(Cl)C(=O)N=C2)c1Cl. The molecule has 0 saturated heterocycles. The van der Waals surface area contributed by atoms with Crippen molar-refractivity contribution in [3.05, 3.63) is 81.3 Å². The van der Waals surface area contributed by atoms with Crippen LogP contribution in [0.1, 0.15) is 40.1 Å². The maximum Gasteiger partial charge on any atom is 0.267 e. The van der Waals surface area contributed by atoms with Gasteiger partial charge in [0.1, 0.15) is 22.8 Å². The molecule has 3 heterocycles. The predicted molar refractivity (Wildman–Crippen MR) is 134 cm³/mol. The highest BCUT2D eigenvalue weighted by atomic mass is 35.5. The molecule has 2 aliphatic heterocycles.